The molecule has 2 aliphatic rings. The number of ether oxygens (including phenoxy) is 2. The predicted molar refractivity (Wildman–Crippen MR) is 88.5 cm³/mol. The zero-order valence-electron chi connectivity index (χ0n) is 13.1. The van der Waals surface area contributed by atoms with Crippen LogP contribution >= 0.6 is 0 Å². The van der Waals surface area contributed by atoms with Crippen LogP contribution in [0, 0.1) is 0 Å². The van der Waals surface area contributed by atoms with Crippen molar-refractivity contribution in [3.05, 3.63) is 59.7 Å². The Morgan fingerprint density at radius 3 is 2.33 bits per heavy atom. The van der Waals surface area contributed by atoms with Gasteiger partial charge in [0.25, 0.3) is 11.8 Å². The maximum Gasteiger partial charge on any atom is 0.266 e. The second-order valence-corrected chi connectivity index (χ2v) is 5.91. The fraction of sp³-hybridized carbons (Fsp3) is 0.263. The fourth-order valence-electron chi connectivity index (χ4n) is 3.13. The van der Waals surface area contributed by atoms with Crippen molar-refractivity contribution in [2.75, 3.05) is 18.1 Å². The molecule has 1 saturated heterocycles. The summed E-state index contributed by atoms with van der Waals surface area (Å²) >= 11 is 0. The summed E-state index contributed by atoms with van der Waals surface area (Å²) in [4.78, 5) is 26.5. The van der Waals surface area contributed by atoms with Crippen molar-refractivity contribution in [1.29, 1.82) is 0 Å². The number of carbonyl (C=O) groups excluding carboxylic acids is 2. The average Bonchev–Trinajstić information content (AvgIpc) is 3.22. The quantitative estimate of drug-likeness (QED) is 0.812. The first-order chi connectivity index (χ1) is 11.8. The number of hydrogen-bond acceptors (Lipinski definition) is 4. The highest BCUT2D eigenvalue weighted by molar-refractivity contribution is 6.34. The SMILES string of the molecule is O=C1c2ccccc2C(=O)N1c1ccccc1OC[C@@H]1CCCO1. The van der Waals surface area contributed by atoms with Gasteiger partial charge >= 0.3 is 0 Å². The van der Waals surface area contributed by atoms with E-state index in [1.54, 1.807) is 42.5 Å². The van der Waals surface area contributed by atoms with Crippen molar-refractivity contribution in [2.24, 2.45) is 0 Å². The van der Waals surface area contributed by atoms with E-state index in [-0.39, 0.29) is 17.9 Å². The molecule has 0 unspecified atom stereocenters. The van der Waals surface area contributed by atoms with E-state index >= 15 is 0 Å². The highest BCUT2D eigenvalue weighted by Crippen LogP contribution is 2.35. The van der Waals surface area contributed by atoms with Crippen molar-refractivity contribution in [2.45, 2.75) is 18.9 Å². The highest BCUT2D eigenvalue weighted by Gasteiger charge is 2.37. The summed E-state index contributed by atoms with van der Waals surface area (Å²) in [6.07, 6.45) is 2.07. The number of anilines is 1. The maximum absolute atomic E-state index is 12.6. The normalized spacial score (nSPS) is 19.7. The fourth-order valence-corrected chi connectivity index (χ4v) is 3.13. The molecule has 0 spiro atoms. The van der Waals surface area contributed by atoms with Gasteiger partial charge in [0.05, 0.1) is 22.9 Å². The second-order valence-electron chi connectivity index (χ2n) is 5.91. The lowest BCUT2D eigenvalue weighted by atomic mass is 10.1. The molecule has 1 fully saturated rings. The van der Waals surface area contributed by atoms with Gasteiger partial charge < -0.3 is 9.47 Å². The largest absolute Gasteiger partial charge is 0.489 e. The summed E-state index contributed by atoms with van der Waals surface area (Å²) in [5, 5.41) is 0. The maximum atomic E-state index is 12.6. The van der Waals surface area contributed by atoms with Gasteiger partial charge in [0, 0.05) is 6.61 Å². The van der Waals surface area contributed by atoms with Gasteiger partial charge in [0.1, 0.15) is 12.4 Å². The van der Waals surface area contributed by atoms with Gasteiger partial charge in [-0.2, -0.15) is 0 Å². The first-order valence-corrected chi connectivity index (χ1v) is 8.07. The highest BCUT2D eigenvalue weighted by atomic mass is 16.5. The van der Waals surface area contributed by atoms with Gasteiger partial charge in [0.15, 0.2) is 0 Å². The summed E-state index contributed by atoms with van der Waals surface area (Å²) in [6.45, 7) is 1.17. The third-order valence-electron chi connectivity index (χ3n) is 4.35. The molecule has 0 saturated carbocycles. The van der Waals surface area contributed by atoms with E-state index in [4.69, 9.17) is 9.47 Å². The summed E-state index contributed by atoms with van der Waals surface area (Å²) < 4.78 is 11.4. The molecule has 2 aromatic carbocycles. The Bertz CT molecular complexity index is 760. The van der Waals surface area contributed by atoms with Crippen LogP contribution in [0.25, 0.3) is 0 Å². The van der Waals surface area contributed by atoms with Gasteiger partial charge in [-0.05, 0) is 37.1 Å². The molecule has 0 radical (unpaired) electrons. The minimum absolute atomic E-state index is 0.0697. The summed E-state index contributed by atoms with van der Waals surface area (Å²) in [7, 11) is 0. The van der Waals surface area contributed by atoms with E-state index in [2.05, 4.69) is 0 Å². The van der Waals surface area contributed by atoms with E-state index < -0.39 is 0 Å². The van der Waals surface area contributed by atoms with Gasteiger partial charge in [-0.15, -0.1) is 0 Å². The summed E-state index contributed by atoms with van der Waals surface area (Å²) in [5.41, 5.74) is 1.33. The molecule has 2 aliphatic heterocycles. The van der Waals surface area contributed by atoms with Crippen LogP contribution < -0.4 is 9.64 Å². The third kappa shape index (κ3) is 2.47. The minimum Gasteiger partial charge on any atom is -0.489 e. The van der Waals surface area contributed by atoms with Crippen molar-refractivity contribution in [1.82, 2.24) is 0 Å². The molecule has 0 N–H and O–H groups in total. The molecule has 0 bridgehead atoms. The number of amides is 2. The lowest BCUT2D eigenvalue weighted by Gasteiger charge is -2.19. The second kappa shape index (κ2) is 6.09. The topological polar surface area (TPSA) is 55.8 Å². The molecule has 2 aromatic rings. The monoisotopic (exact) mass is 323 g/mol. The number of hydrogen-bond donors (Lipinski definition) is 0. The Balaban J connectivity index is 1.63. The number of carbonyl (C=O) groups is 2. The first kappa shape index (κ1) is 14.9. The standard InChI is InChI=1S/C19H17NO4/c21-18-14-7-1-2-8-15(14)19(22)20(18)16-9-3-4-10-17(16)24-12-13-6-5-11-23-13/h1-4,7-10,13H,5-6,11-12H2/t13-/m0/s1. The molecular weight excluding hydrogens is 306 g/mol. The van der Waals surface area contributed by atoms with Crippen molar-refractivity contribution in [3.8, 4) is 5.75 Å². The number of rotatable bonds is 4. The Morgan fingerprint density at radius 2 is 1.67 bits per heavy atom. The lowest BCUT2D eigenvalue weighted by molar-refractivity contribution is 0.0680. The molecule has 4 rings (SSSR count). The molecule has 0 aliphatic carbocycles. The Morgan fingerprint density at radius 1 is 1.00 bits per heavy atom. The van der Waals surface area contributed by atoms with Crippen molar-refractivity contribution >= 4 is 17.5 Å². The summed E-state index contributed by atoms with van der Waals surface area (Å²) in [5.74, 6) is -0.116. The average molecular weight is 323 g/mol. The van der Waals surface area contributed by atoms with E-state index in [0.717, 1.165) is 19.4 Å². The van der Waals surface area contributed by atoms with Crippen LogP contribution in [0.4, 0.5) is 5.69 Å². The minimum atomic E-state index is -0.316. The van der Waals surface area contributed by atoms with Crippen molar-refractivity contribution in [3.63, 3.8) is 0 Å². The number of fused-ring (bicyclic) bond motifs is 1. The van der Waals surface area contributed by atoms with Crippen LogP contribution in [-0.4, -0.2) is 31.1 Å². The molecular formula is C19H17NO4. The smallest absolute Gasteiger partial charge is 0.266 e. The molecule has 24 heavy (non-hydrogen) atoms. The predicted octanol–water partition coefficient (Wildman–Crippen LogP) is 3.05. The Labute approximate surface area is 139 Å². The van der Waals surface area contributed by atoms with Gasteiger partial charge in [-0.1, -0.05) is 24.3 Å². The van der Waals surface area contributed by atoms with E-state index in [0.29, 0.717) is 29.2 Å². The van der Waals surface area contributed by atoms with Gasteiger partial charge in [0.2, 0.25) is 0 Å². The third-order valence-corrected chi connectivity index (χ3v) is 4.35. The Kier molecular flexibility index (Phi) is 3.78. The number of imide groups is 1. The molecule has 1 atom stereocenters. The lowest BCUT2D eigenvalue weighted by Crippen LogP contribution is -2.30. The van der Waals surface area contributed by atoms with Crippen molar-refractivity contribution < 1.29 is 19.1 Å². The molecule has 5 heteroatoms. The van der Waals surface area contributed by atoms with E-state index in [1.165, 1.54) is 4.90 Å². The Hall–Kier alpha value is -2.66. The van der Waals surface area contributed by atoms with Crippen LogP contribution in [0.2, 0.25) is 0 Å². The zero-order valence-corrected chi connectivity index (χ0v) is 13.1. The molecule has 2 heterocycles. The van der Waals surface area contributed by atoms with E-state index in [1.807, 2.05) is 6.07 Å². The van der Waals surface area contributed by atoms with Crippen LogP contribution in [0.15, 0.2) is 48.5 Å². The molecule has 2 amide bonds. The van der Waals surface area contributed by atoms with Crippen LogP contribution in [0.3, 0.4) is 0 Å². The zero-order chi connectivity index (χ0) is 16.5. The van der Waals surface area contributed by atoms with Crippen LogP contribution in [-0.2, 0) is 4.74 Å². The molecule has 122 valence electrons. The number of nitrogens with zero attached hydrogens (tertiary/aromatic N) is 1. The molecule has 0 aromatic heterocycles. The van der Waals surface area contributed by atoms with E-state index in [9.17, 15) is 9.59 Å². The van der Waals surface area contributed by atoms with Crippen LogP contribution in [0.1, 0.15) is 33.6 Å². The van der Waals surface area contributed by atoms with Gasteiger partial charge in [-0.25, -0.2) is 4.90 Å². The van der Waals surface area contributed by atoms with Gasteiger partial charge in [-0.3, -0.25) is 9.59 Å². The number of benzene rings is 2. The number of para-hydroxylation sites is 2. The molecule has 5 nitrogen and oxygen atoms in total. The first-order valence-electron chi connectivity index (χ1n) is 8.07. The van der Waals surface area contributed by atoms with Crippen LogP contribution in [0.5, 0.6) is 5.75 Å². The summed E-state index contributed by atoms with van der Waals surface area (Å²) in [6, 6.07) is 14.0.